The van der Waals surface area contributed by atoms with Crippen molar-refractivity contribution in [3.63, 3.8) is 0 Å². The molecule has 1 saturated heterocycles. The Kier molecular flexibility index (Phi) is 11.3. The van der Waals surface area contributed by atoms with E-state index < -0.39 is 59.5 Å². The minimum absolute atomic E-state index is 0.0886. The van der Waals surface area contributed by atoms with E-state index in [0.29, 0.717) is 18.9 Å². The van der Waals surface area contributed by atoms with Gasteiger partial charge in [0.25, 0.3) is 0 Å². The van der Waals surface area contributed by atoms with E-state index in [2.05, 4.69) is 26.2 Å². The molecule has 0 bridgehead atoms. The van der Waals surface area contributed by atoms with Crippen molar-refractivity contribution in [1.82, 2.24) is 0 Å². The van der Waals surface area contributed by atoms with Crippen LogP contribution in [0.1, 0.15) is 32.6 Å². The molecule has 0 aromatic rings. The van der Waals surface area contributed by atoms with E-state index in [1.165, 1.54) is 0 Å². The first-order valence-corrected chi connectivity index (χ1v) is 16.9. The normalized spacial score (nSPS) is 27.2. The number of aliphatic hydroxyl groups excluding tert-OH is 3. The molecule has 0 amide bonds. The number of aliphatic hydroxyl groups is 3. The van der Waals surface area contributed by atoms with Crippen LogP contribution in [0.3, 0.4) is 0 Å². The van der Waals surface area contributed by atoms with Gasteiger partial charge in [0.2, 0.25) is 6.29 Å². The van der Waals surface area contributed by atoms with E-state index in [9.17, 15) is 24.9 Å². The maximum Gasteiger partial charge on any atom is 0.308 e. The fraction of sp³-hybridized carbons (Fsp3) is 0.895. The molecule has 5 atom stereocenters. The predicted octanol–water partition coefficient (Wildman–Crippen LogP) is 1.40. The van der Waals surface area contributed by atoms with Gasteiger partial charge in [-0.05, 0) is 58.0 Å². The fourth-order valence-electron chi connectivity index (χ4n) is 3.58. The molecule has 1 rings (SSSR count). The summed E-state index contributed by atoms with van der Waals surface area (Å²) < 4.78 is 22.0. The number of carbonyl (C=O) groups is 2. The van der Waals surface area contributed by atoms with Gasteiger partial charge in [-0.25, -0.2) is 0 Å². The average molecular weight is 483 g/mol. The monoisotopic (exact) mass is 482 g/mol. The number of carboxylic acid groups (broad SMARTS) is 1. The quantitative estimate of drug-likeness (QED) is 0.224. The van der Waals surface area contributed by atoms with Crippen molar-refractivity contribution in [2.24, 2.45) is 0 Å². The Labute approximate surface area is 185 Å². The number of aliphatic carboxylic acids is 1. The molecular weight excluding hydrogens is 444 g/mol. The third-order valence-corrected chi connectivity index (χ3v) is 12.5. The molecule has 10 nitrogen and oxygen atoms in total. The van der Waals surface area contributed by atoms with E-state index in [1.807, 2.05) is 0 Å². The first kappa shape index (κ1) is 28.2. The highest BCUT2D eigenvalue weighted by molar-refractivity contribution is 6.84. The molecule has 0 aromatic heterocycles. The molecule has 1 aliphatic heterocycles. The second-order valence-corrected chi connectivity index (χ2v) is 17.9. The molecule has 0 spiro atoms. The minimum atomic E-state index is -2.06. The van der Waals surface area contributed by atoms with Crippen LogP contribution >= 0.6 is 0 Å². The molecule has 1 heterocycles. The van der Waals surface area contributed by atoms with Gasteiger partial charge in [-0.2, -0.15) is 0 Å². The van der Waals surface area contributed by atoms with Gasteiger partial charge in [0.15, 0.2) is 22.9 Å². The second-order valence-electron chi connectivity index (χ2n) is 9.01. The Balaban J connectivity index is 2.46. The van der Waals surface area contributed by atoms with Gasteiger partial charge in [-0.3, -0.25) is 9.59 Å². The van der Waals surface area contributed by atoms with Crippen molar-refractivity contribution in [2.45, 2.75) is 102 Å². The van der Waals surface area contributed by atoms with Crippen LogP contribution < -0.4 is 0 Å². The minimum Gasteiger partial charge on any atom is -0.481 e. The summed E-state index contributed by atoms with van der Waals surface area (Å²) in [5, 5.41) is 38.6. The molecule has 0 aliphatic carbocycles. The summed E-state index contributed by atoms with van der Waals surface area (Å²) in [7, 11) is -4.05. The molecule has 0 aromatic carbocycles. The van der Waals surface area contributed by atoms with E-state index in [4.69, 9.17) is 23.4 Å². The predicted molar refractivity (Wildman–Crippen MR) is 116 cm³/mol. The maximum atomic E-state index is 12.2. The fourth-order valence-corrected chi connectivity index (χ4v) is 12.4. The number of ether oxygens (including phenoxy) is 3. The summed E-state index contributed by atoms with van der Waals surface area (Å²) in [4.78, 5) is 22.9. The molecule has 12 heteroatoms. The molecule has 4 N–H and O–H groups in total. The first-order valence-electron chi connectivity index (χ1n) is 10.7. The Bertz CT molecular complexity index is 586. The lowest BCUT2D eigenvalue weighted by Crippen LogP contribution is -2.59. The van der Waals surface area contributed by atoms with Crippen LogP contribution in [0.25, 0.3) is 0 Å². The zero-order chi connectivity index (χ0) is 23.8. The van der Waals surface area contributed by atoms with E-state index in [1.54, 1.807) is 6.92 Å². The molecule has 0 saturated carbocycles. The molecule has 0 radical (unpaired) electrons. The third kappa shape index (κ3) is 10.1. The molecule has 1 aliphatic rings. The van der Waals surface area contributed by atoms with E-state index in [-0.39, 0.29) is 19.4 Å². The Hall–Kier alpha value is -0.866. The number of carbonyl (C=O) groups excluding carboxylic acids is 1. The second kappa shape index (κ2) is 12.4. The number of hydrogen-bond donors (Lipinski definition) is 4. The van der Waals surface area contributed by atoms with E-state index in [0.717, 1.165) is 6.04 Å². The Morgan fingerprint density at radius 2 is 1.39 bits per heavy atom. The molecule has 182 valence electrons. The van der Waals surface area contributed by atoms with E-state index >= 15 is 0 Å². The van der Waals surface area contributed by atoms with Crippen molar-refractivity contribution in [3.05, 3.63) is 0 Å². The Morgan fingerprint density at radius 1 is 0.871 bits per heavy atom. The molecule has 31 heavy (non-hydrogen) atoms. The van der Waals surface area contributed by atoms with Crippen LogP contribution in [0.15, 0.2) is 0 Å². The summed E-state index contributed by atoms with van der Waals surface area (Å²) in [6.07, 6.45) is -5.86. The van der Waals surface area contributed by atoms with Gasteiger partial charge in [0.1, 0.15) is 18.3 Å². The van der Waals surface area contributed by atoms with Crippen molar-refractivity contribution in [1.29, 1.82) is 0 Å². The standard InChI is InChI=1S/C19H38O10Si2/c1-6-26-18-16(24)15(23)17(25)19(28-18)27-14(22)10-8-12-31(4,5)29-30(2,3)11-7-9-13(20)21/h15-19,23-25H,6-12H2,1-5H3,(H,20,21)/t15-,16+,17-,18?,19-/m0/s1. The van der Waals surface area contributed by atoms with Crippen LogP contribution in [-0.4, -0.2) is 86.5 Å². The van der Waals surface area contributed by atoms with Gasteiger partial charge >= 0.3 is 11.9 Å². The number of hydrogen-bond acceptors (Lipinski definition) is 9. The third-order valence-electron chi connectivity index (χ3n) is 4.99. The van der Waals surface area contributed by atoms with Crippen molar-refractivity contribution in [3.8, 4) is 0 Å². The smallest absolute Gasteiger partial charge is 0.308 e. The van der Waals surface area contributed by atoms with Crippen LogP contribution in [0.4, 0.5) is 0 Å². The Morgan fingerprint density at radius 3 is 1.90 bits per heavy atom. The van der Waals surface area contributed by atoms with Crippen molar-refractivity contribution >= 4 is 28.6 Å². The average Bonchev–Trinajstić information content (AvgIpc) is 2.62. The zero-order valence-electron chi connectivity index (χ0n) is 19.1. The largest absolute Gasteiger partial charge is 0.481 e. The van der Waals surface area contributed by atoms with Gasteiger partial charge < -0.3 is 38.8 Å². The molecular formula is C19H38O10Si2. The van der Waals surface area contributed by atoms with Gasteiger partial charge in [0, 0.05) is 19.4 Å². The molecule has 1 unspecified atom stereocenters. The summed E-state index contributed by atoms with van der Waals surface area (Å²) in [6, 6.07) is 1.48. The lowest BCUT2D eigenvalue weighted by atomic mass is 10.0. The number of esters is 1. The summed E-state index contributed by atoms with van der Waals surface area (Å²) >= 11 is 0. The lowest BCUT2D eigenvalue weighted by molar-refractivity contribution is -0.341. The highest BCUT2D eigenvalue weighted by Gasteiger charge is 2.46. The number of carboxylic acids is 1. The highest BCUT2D eigenvalue weighted by Crippen LogP contribution is 2.26. The highest BCUT2D eigenvalue weighted by atomic mass is 28.4. The lowest BCUT2D eigenvalue weighted by Gasteiger charge is -2.39. The van der Waals surface area contributed by atoms with Gasteiger partial charge in [-0.1, -0.05) is 0 Å². The van der Waals surface area contributed by atoms with Gasteiger partial charge in [0.05, 0.1) is 0 Å². The SMILES string of the molecule is CCOC1O[C@H](OC(=O)CCC[Si](C)(C)O[Si](C)(C)CCCC(=O)O)[C@@H](O)[C@@H](O)[C@H]1O. The van der Waals surface area contributed by atoms with Crippen molar-refractivity contribution in [2.75, 3.05) is 6.61 Å². The summed E-state index contributed by atoms with van der Waals surface area (Å²) in [6.45, 7) is 10.2. The van der Waals surface area contributed by atoms with Crippen LogP contribution in [0.5, 0.6) is 0 Å². The topological polar surface area (TPSA) is 152 Å². The maximum absolute atomic E-state index is 12.2. The summed E-state index contributed by atoms with van der Waals surface area (Å²) in [5.41, 5.74) is 0. The van der Waals surface area contributed by atoms with Crippen LogP contribution in [-0.2, 0) is 27.9 Å². The zero-order valence-corrected chi connectivity index (χ0v) is 21.1. The number of rotatable bonds is 13. The summed E-state index contributed by atoms with van der Waals surface area (Å²) in [5.74, 6) is -1.40. The van der Waals surface area contributed by atoms with Crippen LogP contribution in [0, 0.1) is 0 Å². The van der Waals surface area contributed by atoms with Crippen LogP contribution in [0.2, 0.25) is 38.3 Å². The molecule has 1 fully saturated rings. The first-order chi connectivity index (χ1) is 14.3. The van der Waals surface area contributed by atoms with Crippen molar-refractivity contribution < 1.29 is 48.3 Å². The van der Waals surface area contributed by atoms with Gasteiger partial charge in [-0.15, -0.1) is 0 Å².